The van der Waals surface area contributed by atoms with Crippen LogP contribution < -0.4 is 0 Å². The Kier molecular flexibility index (Phi) is 12.6. The van der Waals surface area contributed by atoms with E-state index in [2.05, 4.69) is 4.98 Å². The standard InChI is InChI=1S/C40H49NO20/c1-18(42)52-17-39-32(57-22(5)46)28(54-19(2)43)27-30(56-21(4)45)40(39)38(10,51)31(29(55-20(3)44)33(39)58-23(6)47)59-35(50)36(8,60-24(7)48)14-13-26-25(12-11-15-41-26)34(49)53-16-37(27,9)61-40/h11-12,15,27-33,51H,13-14,16-17H2,1-10H3/t27?,28-,29+,30-,31?,32-,33+,36?,37+,38+,39-,40?/m1/s1. The molecule has 1 N–H and O–H groups in total. The number of cyclic esters (lactones) is 1. The third-order valence-electron chi connectivity index (χ3n) is 11.6. The molecule has 4 aliphatic rings. The molecule has 334 valence electrons. The molecule has 1 aromatic heterocycles. The Morgan fingerprint density at radius 3 is 1.84 bits per heavy atom. The minimum Gasteiger partial charge on any atom is -0.465 e. The first-order chi connectivity index (χ1) is 28.3. The summed E-state index contributed by atoms with van der Waals surface area (Å²) in [5, 5.41) is 13.5. The van der Waals surface area contributed by atoms with E-state index >= 15 is 0 Å². The SMILES string of the molecule is CC(=O)OC[C@]12[C@H](OC(C)=O)[C@H](OC(C)=O)C3[C@@H](OC(C)=O)C14O[C@@]3(C)COC(=O)c1cccnc1CCC(C)(OC(C)=O)C(=O)OC([C@H](OC(C)=O)[C@@H]2OC(C)=O)[C@]4(C)O. The Bertz CT molecular complexity index is 2020. The van der Waals surface area contributed by atoms with Crippen molar-refractivity contribution in [2.75, 3.05) is 13.2 Å². The van der Waals surface area contributed by atoms with Crippen LogP contribution in [0.25, 0.3) is 0 Å². The van der Waals surface area contributed by atoms with Crippen LogP contribution in [0.3, 0.4) is 0 Å². The molecule has 2 aliphatic carbocycles. The highest BCUT2D eigenvalue weighted by atomic mass is 16.7. The average molecular weight is 864 g/mol. The van der Waals surface area contributed by atoms with E-state index in [0.717, 1.165) is 55.4 Å². The lowest BCUT2D eigenvalue weighted by molar-refractivity contribution is -0.387. The van der Waals surface area contributed by atoms with Gasteiger partial charge in [0.25, 0.3) is 0 Å². The van der Waals surface area contributed by atoms with Crippen molar-refractivity contribution in [3.63, 3.8) is 0 Å². The van der Waals surface area contributed by atoms with E-state index < -0.39 is 144 Å². The molecule has 1 aromatic rings. The third kappa shape index (κ3) is 7.99. The van der Waals surface area contributed by atoms with Crippen LogP contribution in [0.4, 0.5) is 0 Å². The first-order valence-corrected chi connectivity index (χ1v) is 19.2. The summed E-state index contributed by atoms with van der Waals surface area (Å²) in [6.45, 7) is 8.31. The first kappa shape index (κ1) is 46.4. The van der Waals surface area contributed by atoms with Crippen LogP contribution in [0.5, 0.6) is 0 Å². The number of rotatable bonds is 8. The number of hydrogen-bond acceptors (Lipinski definition) is 21. The number of aromatic nitrogens is 1. The molecule has 1 spiro atoms. The summed E-state index contributed by atoms with van der Waals surface area (Å²) in [4.78, 5) is 125. The van der Waals surface area contributed by atoms with E-state index in [1.54, 1.807) is 0 Å². The van der Waals surface area contributed by atoms with Gasteiger partial charge in [0.1, 0.15) is 42.0 Å². The molecule has 21 nitrogen and oxygen atoms in total. The topological polar surface area (TPSA) is 279 Å². The van der Waals surface area contributed by atoms with Crippen molar-refractivity contribution in [3.05, 3.63) is 29.6 Å². The molecular formula is C40H49NO20. The van der Waals surface area contributed by atoms with Gasteiger partial charge in [-0.25, -0.2) is 9.59 Å². The van der Waals surface area contributed by atoms with Crippen LogP contribution in [-0.4, -0.2) is 136 Å². The Balaban J connectivity index is 2.02. The van der Waals surface area contributed by atoms with Crippen LogP contribution in [0.1, 0.15) is 91.7 Å². The van der Waals surface area contributed by atoms with E-state index in [-0.39, 0.29) is 17.7 Å². The van der Waals surface area contributed by atoms with Gasteiger partial charge in [-0.1, -0.05) is 0 Å². The normalized spacial score (nSPS) is 36.5. The van der Waals surface area contributed by atoms with Gasteiger partial charge in [-0.05, 0) is 39.3 Å². The van der Waals surface area contributed by atoms with Gasteiger partial charge >= 0.3 is 53.7 Å². The zero-order valence-corrected chi connectivity index (χ0v) is 35.3. The summed E-state index contributed by atoms with van der Waals surface area (Å²) < 4.78 is 59.8. The lowest BCUT2D eigenvalue weighted by Gasteiger charge is -2.67. The second-order valence-electron chi connectivity index (χ2n) is 16.1. The van der Waals surface area contributed by atoms with E-state index in [4.69, 9.17) is 47.4 Å². The lowest BCUT2D eigenvalue weighted by Crippen LogP contribution is -2.89. The van der Waals surface area contributed by atoms with Crippen LogP contribution in [0.15, 0.2) is 18.3 Å². The van der Waals surface area contributed by atoms with Gasteiger partial charge in [-0.3, -0.25) is 38.5 Å². The van der Waals surface area contributed by atoms with Crippen molar-refractivity contribution in [1.82, 2.24) is 4.98 Å². The molecule has 2 aliphatic heterocycles. The summed E-state index contributed by atoms with van der Waals surface area (Å²) in [5.74, 6) is -11.4. The maximum Gasteiger partial charge on any atom is 0.350 e. The van der Waals surface area contributed by atoms with Crippen LogP contribution in [0, 0.1) is 11.3 Å². The van der Waals surface area contributed by atoms with E-state index in [9.17, 15) is 48.3 Å². The largest absolute Gasteiger partial charge is 0.465 e. The van der Waals surface area contributed by atoms with Gasteiger partial charge in [-0.2, -0.15) is 0 Å². The fraction of sp³-hybridized carbons (Fsp3) is 0.650. The van der Waals surface area contributed by atoms with Gasteiger partial charge < -0.3 is 52.5 Å². The Labute approximate surface area is 349 Å². The predicted octanol–water partition coefficient (Wildman–Crippen LogP) is 0.548. The molecule has 12 atom stereocenters. The molecule has 3 fully saturated rings. The summed E-state index contributed by atoms with van der Waals surface area (Å²) >= 11 is 0. The first-order valence-electron chi connectivity index (χ1n) is 19.2. The molecule has 0 aromatic carbocycles. The van der Waals surface area contributed by atoms with E-state index in [1.165, 1.54) is 32.2 Å². The van der Waals surface area contributed by atoms with E-state index in [1.807, 2.05) is 0 Å². The lowest BCUT2D eigenvalue weighted by atomic mass is 9.45. The number of carbonyl (C=O) groups is 9. The number of aryl methyl sites for hydroxylation is 1. The molecule has 0 amide bonds. The van der Waals surface area contributed by atoms with Crippen LogP contribution in [0.2, 0.25) is 0 Å². The van der Waals surface area contributed by atoms with Crippen molar-refractivity contribution in [3.8, 4) is 0 Å². The highest BCUT2D eigenvalue weighted by Gasteiger charge is 2.92. The second kappa shape index (κ2) is 16.6. The predicted molar refractivity (Wildman–Crippen MR) is 196 cm³/mol. The Morgan fingerprint density at radius 1 is 0.754 bits per heavy atom. The smallest absolute Gasteiger partial charge is 0.350 e. The maximum atomic E-state index is 14.7. The summed E-state index contributed by atoms with van der Waals surface area (Å²) in [6.07, 6.45) is -11.9. The number of aliphatic hydroxyl groups is 1. The van der Waals surface area contributed by atoms with Crippen molar-refractivity contribution in [2.24, 2.45) is 11.3 Å². The Hall–Kier alpha value is -5.70. The van der Waals surface area contributed by atoms with E-state index in [0.29, 0.717) is 0 Å². The molecule has 4 unspecified atom stereocenters. The molecule has 2 saturated carbocycles. The number of fused-ring (bicyclic) bond motifs is 5. The number of esters is 9. The van der Waals surface area contributed by atoms with Gasteiger partial charge in [0, 0.05) is 61.1 Å². The second-order valence-corrected chi connectivity index (χ2v) is 16.1. The Morgan fingerprint density at radius 2 is 1.30 bits per heavy atom. The van der Waals surface area contributed by atoms with Crippen molar-refractivity contribution in [1.29, 1.82) is 0 Å². The highest BCUT2D eigenvalue weighted by Crippen LogP contribution is 2.70. The molecule has 3 heterocycles. The fourth-order valence-corrected chi connectivity index (χ4v) is 9.56. The number of ether oxygens (including phenoxy) is 10. The van der Waals surface area contributed by atoms with Gasteiger partial charge in [0.2, 0.25) is 5.60 Å². The number of nitrogens with zero attached hydrogens (tertiary/aromatic N) is 1. The van der Waals surface area contributed by atoms with Gasteiger partial charge in [-0.15, -0.1) is 0 Å². The summed E-state index contributed by atoms with van der Waals surface area (Å²) in [5.41, 5.74) is -12.9. The molecule has 0 radical (unpaired) electrons. The molecule has 21 heteroatoms. The molecular weight excluding hydrogens is 814 g/mol. The zero-order chi connectivity index (χ0) is 45.6. The van der Waals surface area contributed by atoms with Crippen LogP contribution in [-0.2, 0) is 92.1 Å². The third-order valence-corrected chi connectivity index (χ3v) is 11.6. The fourth-order valence-electron chi connectivity index (χ4n) is 9.56. The van der Waals surface area contributed by atoms with Crippen molar-refractivity contribution >= 4 is 53.7 Å². The number of hydrogen-bond donors (Lipinski definition) is 1. The number of carbonyl (C=O) groups excluding carboxylic acids is 9. The quantitative estimate of drug-likeness (QED) is 0.276. The number of pyridine rings is 1. The average Bonchev–Trinajstić information content (AvgIpc) is 3.35. The van der Waals surface area contributed by atoms with Crippen molar-refractivity contribution in [2.45, 2.75) is 141 Å². The van der Waals surface area contributed by atoms with Gasteiger partial charge in [0.05, 0.1) is 17.2 Å². The molecule has 4 bridgehead atoms. The van der Waals surface area contributed by atoms with Crippen molar-refractivity contribution < 1.29 is 95.6 Å². The monoisotopic (exact) mass is 863 g/mol. The maximum absolute atomic E-state index is 14.7. The molecule has 1 saturated heterocycles. The van der Waals surface area contributed by atoms with Crippen LogP contribution >= 0.6 is 0 Å². The minimum atomic E-state index is -2.97. The summed E-state index contributed by atoms with van der Waals surface area (Å²) in [6, 6.07) is 2.80. The molecule has 61 heavy (non-hydrogen) atoms. The molecule has 5 rings (SSSR count). The minimum absolute atomic E-state index is 0.0766. The van der Waals surface area contributed by atoms with Gasteiger partial charge in [0.15, 0.2) is 30.0 Å². The highest BCUT2D eigenvalue weighted by molar-refractivity contribution is 5.90. The summed E-state index contributed by atoms with van der Waals surface area (Å²) in [7, 11) is 0. The zero-order valence-electron chi connectivity index (χ0n) is 35.3.